The number of carbonyl (C=O) groups is 1. The first kappa shape index (κ1) is 15.8. The third-order valence-electron chi connectivity index (χ3n) is 3.67. The molecule has 0 unspecified atom stereocenters. The summed E-state index contributed by atoms with van der Waals surface area (Å²) in [6.45, 7) is 0. The van der Waals surface area contributed by atoms with Crippen molar-refractivity contribution in [1.29, 1.82) is 0 Å². The number of rotatable bonds is 4. The van der Waals surface area contributed by atoms with E-state index in [2.05, 4.69) is 10.3 Å². The van der Waals surface area contributed by atoms with E-state index in [4.69, 9.17) is 8.83 Å². The van der Waals surface area contributed by atoms with E-state index in [-0.39, 0.29) is 11.7 Å². The summed E-state index contributed by atoms with van der Waals surface area (Å²) >= 11 is 0. The molecule has 0 atom stereocenters. The van der Waals surface area contributed by atoms with Crippen molar-refractivity contribution in [3.05, 3.63) is 78.5 Å². The maximum atomic E-state index is 13.4. The summed E-state index contributed by atoms with van der Waals surface area (Å²) in [5.74, 6) is 0.253. The van der Waals surface area contributed by atoms with Crippen LogP contribution < -0.4 is 5.32 Å². The summed E-state index contributed by atoms with van der Waals surface area (Å²) < 4.78 is 24.1. The number of halogens is 1. The van der Waals surface area contributed by atoms with Gasteiger partial charge in [-0.2, -0.15) is 0 Å². The molecule has 4 rings (SSSR count). The van der Waals surface area contributed by atoms with Gasteiger partial charge in [0, 0.05) is 17.3 Å². The molecule has 2 aromatic heterocycles. The number of carbonyl (C=O) groups excluding carboxylic acids is 1. The van der Waals surface area contributed by atoms with Crippen LogP contribution in [0.25, 0.3) is 28.6 Å². The maximum absolute atomic E-state index is 13.4. The predicted molar refractivity (Wildman–Crippen MR) is 95.8 cm³/mol. The first-order chi connectivity index (χ1) is 12.7. The van der Waals surface area contributed by atoms with Gasteiger partial charge in [-0.15, -0.1) is 0 Å². The number of nitrogens with one attached hydrogen (secondary N) is 1. The molecule has 0 saturated carbocycles. The van der Waals surface area contributed by atoms with Crippen LogP contribution >= 0.6 is 0 Å². The molecule has 0 radical (unpaired) electrons. The van der Waals surface area contributed by atoms with E-state index >= 15 is 0 Å². The zero-order valence-electron chi connectivity index (χ0n) is 13.5. The molecule has 2 aromatic carbocycles. The van der Waals surface area contributed by atoms with Crippen LogP contribution in [0.2, 0.25) is 0 Å². The first-order valence-electron chi connectivity index (χ1n) is 7.86. The highest BCUT2D eigenvalue weighted by Crippen LogP contribution is 2.26. The zero-order valence-corrected chi connectivity index (χ0v) is 13.5. The average molecular weight is 348 g/mol. The number of anilines is 1. The molecule has 0 aliphatic rings. The highest BCUT2D eigenvalue weighted by Gasteiger charge is 2.10. The lowest BCUT2D eigenvalue weighted by atomic mass is 10.2. The fourth-order valence-electron chi connectivity index (χ4n) is 2.48. The normalized spacial score (nSPS) is 11.3. The van der Waals surface area contributed by atoms with Gasteiger partial charge in [0.2, 0.25) is 11.8 Å². The topological polar surface area (TPSA) is 68.3 Å². The molecule has 0 saturated heterocycles. The first-order valence-corrected chi connectivity index (χ1v) is 7.86. The van der Waals surface area contributed by atoms with Crippen molar-refractivity contribution in [3.63, 3.8) is 0 Å². The number of aromatic nitrogens is 1. The van der Waals surface area contributed by atoms with Crippen LogP contribution in [0.3, 0.4) is 0 Å². The number of oxazole rings is 1. The van der Waals surface area contributed by atoms with Crippen LogP contribution in [0.5, 0.6) is 0 Å². The van der Waals surface area contributed by atoms with Crippen molar-refractivity contribution in [2.24, 2.45) is 0 Å². The summed E-state index contributed by atoms with van der Waals surface area (Å²) in [7, 11) is 0. The minimum absolute atomic E-state index is 0.297. The molecule has 5 nitrogen and oxygen atoms in total. The van der Waals surface area contributed by atoms with Gasteiger partial charge in [0.05, 0.1) is 6.26 Å². The van der Waals surface area contributed by atoms with Crippen molar-refractivity contribution >= 4 is 28.8 Å². The summed E-state index contributed by atoms with van der Waals surface area (Å²) in [4.78, 5) is 16.3. The van der Waals surface area contributed by atoms with E-state index in [0.29, 0.717) is 34.0 Å². The van der Waals surface area contributed by atoms with Crippen LogP contribution in [-0.2, 0) is 4.79 Å². The molecule has 2 heterocycles. The lowest BCUT2D eigenvalue weighted by Crippen LogP contribution is -2.07. The number of hydrogen-bond donors (Lipinski definition) is 1. The van der Waals surface area contributed by atoms with Gasteiger partial charge in [-0.25, -0.2) is 9.37 Å². The fraction of sp³-hybridized carbons (Fsp3) is 0. The van der Waals surface area contributed by atoms with Crippen LogP contribution in [0.1, 0.15) is 5.76 Å². The Morgan fingerprint density at radius 2 is 2.04 bits per heavy atom. The lowest BCUT2D eigenvalue weighted by Gasteiger charge is -2.00. The van der Waals surface area contributed by atoms with E-state index in [0.717, 1.165) is 0 Å². The number of amides is 1. The van der Waals surface area contributed by atoms with E-state index < -0.39 is 0 Å². The molecular weight excluding hydrogens is 335 g/mol. The Morgan fingerprint density at radius 3 is 2.85 bits per heavy atom. The monoisotopic (exact) mass is 348 g/mol. The smallest absolute Gasteiger partial charge is 0.248 e. The van der Waals surface area contributed by atoms with Gasteiger partial charge < -0.3 is 14.2 Å². The van der Waals surface area contributed by atoms with Crippen molar-refractivity contribution in [1.82, 2.24) is 4.98 Å². The second-order valence-corrected chi connectivity index (χ2v) is 5.55. The summed E-state index contributed by atoms with van der Waals surface area (Å²) in [6.07, 6.45) is 4.49. The number of hydrogen-bond acceptors (Lipinski definition) is 4. The summed E-state index contributed by atoms with van der Waals surface area (Å²) in [5, 5.41) is 2.75. The van der Waals surface area contributed by atoms with E-state index in [1.54, 1.807) is 48.5 Å². The molecule has 0 spiro atoms. The van der Waals surface area contributed by atoms with Gasteiger partial charge in [0.15, 0.2) is 5.58 Å². The Bertz CT molecular complexity index is 1100. The van der Waals surface area contributed by atoms with Gasteiger partial charge in [0.1, 0.15) is 17.1 Å². The number of nitrogens with zero attached hydrogens (tertiary/aromatic N) is 1. The maximum Gasteiger partial charge on any atom is 0.248 e. The van der Waals surface area contributed by atoms with Gasteiger partial charge >= 0.3 is 0 Å². The molecule has 0 aliphatic carbocycles. The van der Waals surface area contributed by atoms with Gasteiger partial charge in [-0.1, -0.05) is 6.07 Å². The Balaban J connectivity index is 1.55. The molecule has 0 fully saturated rings. The van der Waals surface area contributed by atoms with Crippen LogP contribution in [0, 0.1) is 5.82 Å². The third kappa shape index (κ3) is 3.39. The molecule has 26 heavy (non-hydrogen) atoms. The Kier molecular flexibility index (Phi) is 4.07. The minimum Gasteiger partial charge on any atom is -0.465 e. The van der Waals surface area contributed by atoms with Crippen molar-refractivity contribution in [3.8, 4) is 11.5 Å². The van der Waals surface area contributed by atoms with Crippen LogP contribution in [0.15, 0.2) is 75.8 Å². The van der Waals surface area contributed by atoms with Gasteiger partial charge in [0.25, 0.3) is 0 Å². The Morgan fingerprint density at radius 1 is 1.12 bits per heavy atom. The van der Waals surface area contributed by atoms with E-state index in [1.807, 2.05) is 0 Å². The molecule has 1 N–H and O–H groups in total. The van der Waals surface area contributed by atoms with Crippen molar-refractivity contribution in [2.45, 2.75) is 0 Å². The zero-order chi connectivity index (χ0) is 17.9. The Labute approximate surface area is 147 Å². The van der Waals surface area contributed by atoms with Crippen LogP contribution in [0.4, 0.5) is 10.1 Å². The number of benzene rings is 2. The molecule has 0 bridgehead atoms. The summed E-state index contributed by atoms with van der Waals surface area (Å²) in [5.41, 5.74) is 2.24. The molecule has 0 aliphatic heterocycles. The largest absolute Gasteiger partial charge is 0.465 e. The quantitative estimate of drug-likeness (QED) is 0.534. The highest BCUT2D eigenvalue weighted by molar-refractivity contribution is 6.02. The molecule has 128 valence electrons. The van der Waals surface area contributed by atoms with E-state index in [9.17, 15) is 9.18 Å². The number of fused-ring (bicyclic) bond motifs is 1. The third-order valence-corrected chi connectivity index (χ3v) is 3.67. The van der Waals surface area contributed by atoms with Crippen molar-refractivity contribution < 1.29 is 18.0 Å². The molecule has 1 amide bonds. The fourth-order valence-corrected chi connectivity index (χ4v) is 2.48. The van der Waals surface area contributed by atoms with Gasteiger partial charge in [-0.05, 0) is 54.6 Å². The molecule has 6 heteroatoms. The summed E-state index contributed by atoms with van der Waals surface area (Å²) in [6, 6.07) is 14.6. The average Bonchev–Trinajstić information content (AvgIpc) is 3.29. The highest BCUT2D eigenvalue weighted by atomic mass is 19.1. The Hall–Kier alpha value is -3.67. The minimum atomic E-state index is -0.360. The van der Waals surface area contributed by atoms with Crippen molar-refractivity contribution in [2.75, 3.05) is 5.32 Å². The second-order valence-electron chi connectivity index (χ2n) is 5.55. The van der Waals surface area contributed by atoms with Gasteiger partial charge in [-0.3, -0.25) is 4.79 Å². The molecule has 4 aromatic rings. The molecular formula is C20H13FN2O3. The number of furan rings is 1. The van der Waals surface area contributed by atoms with E-state index in [1.165, 1.54) is 24.5 Å². The predicted octanol–water partition coefficient (Wildman–Crippen LogP) is 4.88. The second kappa shape index (κ2) is 6.68. The SMILES string of the molecule is O=C(C=Cc1ccco1)Nc1ccc2oc(-c3cccc(F)c3)nc2c1. The van der Waals surface area contributed by atoms with Crippen LogP contribution in [-0.4, -0.2) is 10.9 Å². The lowest BCUT2D eigenvalue weighted by molar-refractivity contribution is -0.111. The standard InChI is InChI=1S/C20H13FN2O3/c21-14-4-1-3-13(11-14)20-23-17-12-15(6-8-18(17)26-20)22-19(24)9-7-16-5-2-10-25-16/h1-12H,(H,22,24).